The third-order valence-corrected chi connectivity index (χ3v) is 2.77. The molecule has 1 amide bonds. The topological polar surface area (TPSA) is 52.6 Å². The van der Waals surface area contributed by atoms with Gasteiger partial charge < -0.3 is 10.4 Å². The minimum absolute atomic E-state index is 0.0766. The molecule has 0 aliphatic rings. The molecule has 0 heterocycles. The van der Waals surface area contributed by atoms with Crippen molar-refractivity contribution in [2.45, 2.75) is 18.5 Å². The Balaban J connectivity index is 2.53. The monoisotopic (exact) mass is 344 g/mol. The number of carbonyl (C=O) groups excluding carboxylic acids is 1. The Morgan fingerprint density at radius 2 is 1.70 bits per heavy atom. The van der Waals surface area contributed by atoms with Crippen LogP contribution >= 0.6 is 0 Å². The maximum Gasteiger partial charge on any atom is 0.416 e. The molecule has 0 radical (unpaired) electrons. The van der Waals surface area contributed by atoms with Crippen LogP contribution in [-0.2, 0) is 11.0 Å². The second-order valence-corrected chi connectivity index (χ2v) is 4.88. The standard InChI is InChI=1S/C13H14F6N2O2/c1-21(6-10(22)13(17,18)19)7-11(23)20-9-4-2-8(3-5-9)12(14,15)16/h2-5,10,22H,6-7H2,1H3,(H,20,23). The number of rotatable bonds is 5. The van der Waals surface area contributed by atoms with E-state index in [1.807, 2.05) is 0 Å². The molecule has 130 valence electrons. The number of benzene rings is 1. The molecular formula is C13H14F6N2O2. The molecule has 1 aromatic rings. The number of likely N-dealkylation sites (N-methyl/N-ethyl adjacent to an activating group) is 1. The lowest BCUT2D eigenvalue weighted by Crippen LogP contribution is -2.42. The van der Waals surface area contributed by atoms with Gasteiger partial charge >= 0.3 is 12.4 Å². The van der Waals surface area contributed by atoms with Gasteiger partial charge in [-0.2, -0.15) is 26.3 Å². The second-order valence-electron chi connectivity index (χ2n) is 4.88. The van der Waals surface area contributed by atoms with E-state index in [0.717, 1.165) is 29.2 Å². The predicted molar refractivity (Wildman–Crippen MR) is 69.6 cm³/mol. The lowest BCUT2D eigenvalue weighted by molar-refractivity contribution is -0.207. The van der Waals surface area contributed by atoms with Gasteiger partial charge in [-0.1, -0.05) is 0 Å². The molecular weight excluding hydrogens is 330 g/mol. The first-order valence-electron chi connectivity index (χ1n) is 6.30. The summed E-state index contributed by atoms with van der Waals surface area (Å²) >= 11 is 0. The summed E-state index contributed by atoms with van der Waals surface area (Å²) < 4.78 is 73.6. The van der Waals surface area contributed by atoms with Gasteiger partial charge in [0.05, 0.1) is 12.1 Å². The summed E-state index contributed by atoms with van der Waals surface area (Å²) in [5, 5.41) is 11.1. The number of carbonyl (C=O) groups is 1. The maximum atomic E-state index is 12.4. The molecule has 0 fully saturated rings. The third-order valence-electron chi connectivity index (χ3n) is 2.77. The predicted octanol–water partition coefficient (Wildman–Crippen LogP) is 2.50. The summed E-state index contributed by atoms with van der Waals surface area (Å²) in [7, 11) is 1.20. The van der Waals surface area contributed by atoms with E-state index in [9.17, 15) is 31.1 Å². The molecule has 1 unspecified atom stereocenters. The summed E-state index contributed by atoms with van der Waals surface area (Å²) in [5.41, 5.74) is -0.811. The zero-order valence-electron chi connectivity index (χ0n) is 11.9. The van der Waals surface area contributed by atoms with Crippen molar-refractivity contribution in [1.82, 2.24) is 4.90 Å². The number of alkyl halides is 6. The van der Waals surface area contributed by atoms with Crippen molar-refractivity contribution in [2.75, 3.05) is 25.5 Å². The van der Waals surface area contributed by atoms with Crippen molar-refractivity contribution in [3.63, 3.8) is 0 Å². The number of amides is 1. The molecule has 1 atom stereocenters. The first-order valence-corrected chi connectivity index (χ1v) is 6.30. The van der Waals surface area contributed by atoms with Gasteiger partial charge in [-0.05, 0) is 31.3 Å². The fourth-order valence-corrected chi connectivity index (χ4v) is 1.65. The largest absolute Gasteiger partial charge is 0.416 e. The van der Waals surface area contributed by atoms with Gasteiger partial charge in [0.2, 0.25) is 5.91 Å². The highest BCUT2D eigenvalue weighted by molar-refractivity contribution is 5.92. The number of hydrogen-bond donors (Lipinski definition) is 2. The number of nitrogens with zero attached hydrogens (tertiary/aromatic N) is 1. The second kappa shape index (κ2) is 7.18. The average molecular weight is 344 g/mol. The van der Waals surface area contributed by atoms with E-state index >= 15 is 0 Å². The molecule has 0 aromatic heterocycles. The van der Waals surface area contributed by atoms with E-state index in [0.29, 0.717) is 0 Å². The van der Waals surface area contributed by atoms with Crippen molar-refractivity contribution in [1.29, 1.82) is 0 Å². The molecule has 0 aliphatic heterocycles. The highest BCUT2D eigenvalue weighted by Crippen LogP contribution is 2.29. The van der Waals surface area contributed by atoms with Crippen LogP contribution in [0.2, 0.25) is 0 Å². The highest BCUT2D eigenvalue weighted by Gasteiger charge is 2.38. The normalized spacial score (nSPS) is 14.0. The van der Waals surface area contributed by atoms with E-state index < -0.39 is 43.0 Å². The molecule has 0 bridgehead atoms. The Hall–Kier alpha value is -1.81. The summed E-state index contributed by atoms with van der Waals surface area (Å²) in [6.07, 6.45) is -11.9. The summed E-state index contributed by atoms with van der Waals surface area (Å²) in [6.45, 7) is -1.27. The van der Waals surface area contributed by atoms with Crippen molar-refractivity contribution < 1.29 is 36.2 Å². The van der Waals surface area contributed by atoms with E-state index in [2.05, 4.69) is 5.32 Å². The van der Waals surface area contributed by atoms with Crippen LogP contribution in [0.4, 0.5) is 32.0 Å². The van der Waals surface area contributed by atoms with Gasteiger partial charge in [-0.15, -0.1) is 0 Å². The molecule has 0 spiro atoms. The first-order chi connectivity index (χ1) is 10.4. The van der Waals surface area contributed by atoms with Crippen LogP contribution in [0.25, 0.3) is 0 Å². The van der Waals surface area contributed by atoms with Crippen LogP contribution in [0.1, 0.15) is 5.56 Å². The van der Waals surface area contributed by atoms with Crippen LogP contribution in [0.5, 0.6) is 0 Å². The Labute approximate surface area is 127 Å². The van der Waals surface area contributed by atoms with Gasteiger partial charge in [0.25, 0.3) is 0 Å². The van der Waals surface area contributed by atoms with Crippen molar-refractivity contribution >= 4 is 11.6 Å². The zero-order valence-corrected chi connectivity index (χ0v) is 11.9. The molecule has 0 saturated heterocycles. The van der Waals surface area contributed by atoms with Crippen molar-refractivity contribution in [3.05, 3.63) is 29.8 Å². The van der Waals surface area contributed by atoms with Crippen LogP contribution in [0, 0.1) is 0 Å². The molecule has 4 nitrogen and oxygen atoms in total. The van der Waals surface area contributed by atoms with Gasteiger partial charge in [-0.25, -0.2) is 0 Å². The highest BCUT2D eigenvalue weighted by atomic mass is 19.4. The number of hydrogen-bond acceptors (Lipinski definition) is 3. The SMILES string of the molecule is CN(CC(=O)Nc1ccc(C(F)(F)F)cc1)CC(O)C(F)(F)F. The maximum absolute atomic E-state index is 12.4. The number of nitrogens with one attached hydrogen (secondary N) is 1. The first kappa shape index (κ1) is 19.2. The fraction of sp³-hybridized carbons (Fsp3) is 0.462. The molecule has 10 heteroatoms. The van der Waals surface area contributed by atoms with Gasteiger partial charge in [0, 0.05) is 12.2 Å². The molecule has 0 aliphatic carbocycles. The zero-order chi connectivity index (χ0) is 17.8. The summed E-state index contributed by atoms with van der Waals surface area (Å²) in [5.74, 6) is -0.721. The lowest BCUT2D eigenvalue weighted by atomic mass is 10.2. The lowest BCUT2D eigenvalue weighted by Gasteiger charge is -2.21. The average Bonchev–Trinajstić information content (AvgIpc) is 2.36. The van der Waals surface area contributed by atoms with Crippen molar-refractivity contribution in [2.24, 2.45) is 0 Å². The molecule has 23 heavy (non-hydrogen) atoms. The number of halogens is 6. The van der Waals surface area contributed by atoms with Crippen molar-refractivity contribution in [3.8, 4) is 0 Å². The Morgan fingerprint density at radius 3 is 2.13 bits per heavy atom. The molecule has 2 N–H and O–H groups in total. The third kappa shape index (κ3) is 6.45. The van der Waals surface area contributed by atoms with Crippen LogP contribution < -0.4 is 5.32 Å². The van der Waals surface area contributed by atoms with Crippen LogP contribution in [0.3, 0.4) is 0 Å². The Morgan fingerprint density at radius 1 is 1.17 bits per heavy atom. The summed E-state index contributed by atoms with van der Waals surface area (Å²) in [4.78, 5) is 12.5. The van der Waals surface area contributed by atoms with Gasteiger partial charge in [-0.3, -0.25) is 9.69 Å². The van der Waals surface area contributed by atoms with E-state index in [-0.39, 0.29) is 5.69 Å². The van der Waals surface area contributed by atoms with E-state index in [4.69, 9.17) is 5.11 Å². The molecule has 1 rings (SSSR count). The minimum Gasteiger partial charge on any atom is -0.382 e. The Kier molecular flexibility index (Phi) is 6.00. The van der Waals surface area contributed by atoms with E-state index in [1.54, 1.807) is 0 Å². The number of anilines is 1. The fourth-order valence-electron chi connectivity index (χ4n) is 1.65. The quantitative estimate of drug-likeness (QED) is 0.807. The van der Waals surface area contributed by atoms with Gasteiger partial charge in [0.1, 0.15) is 0 Å². The molecule has 0 saturated carbocycles. The number of aliphatic hydroxyl groups excluding tert-OH is 1. The Bertz CT molecular complexity index is 527. The molecule has 1 aromatic carbocycles. The minimum atomic E-state index is -4.79. The van der Waals surface area contributed by atoms with Crippen LogP contribution in [0.15, 0.2) is 24.3 Å². The smallest absolute Gasteiger partial charge is 0.382 e. The van der Waals surface area contributed by atoms with Gasteiger partial charge in [0.15, 0.2) is 6.10 Å². The van der Waals surface area contributed by atoms with Crippen LogP contribution in [-0.4, -0.2) is 48.3 Å². The number of aliphatic hydroxyl groups is 1. The van der Waals surface area contributed by atoms with E-state index in [1.165, 1.54) is 7.05 Å². The summed E-state index contributed by atoms with van der Waals surface area (Å²) in [6, 6.07) is 3.61.